The molecule has 0 aliphatic heterocycles. The fourth-order valence-electron chi connectivity index (χ4n) is 1.75. The molecule has 92 valence electrons. The number of pyridine rings is 1. The van der Waals surface area contributed by atoms with Crippen LogP contribution in [0, 0.1) is 4.77 Å². The number of aromatic nitrogens is 4. The van der Waals surface area contributed by atoms with Crippen molar-refractivity contribution < 1.29 is 9.26 Å². The molecule has 3 heterocycles. The highest BCUT2D eigenvalue weighted by Crippen LogP contribution is 2.17. The molecule has 7 heteroatoms. The van der Waals surface area contributed by atoms with Crippen LogP contribution in [0.4, 0.5) is 0 Å². The first-order valence-corrected chi connectivity index (χ1v) is 5.71. The molecule has 0 spiro atoms. The van der Waals surface area contributed by atoms with Crippen LogP contribution in [0.25, 0.3) is 11.2 Å². The molecule has 0 atom stereocenters. The van der Waals surface area contributed by atoms with Gasteiger partial charge < -0.3 is 14.2 Å². The minimum Gasteiger partial charge on any atom is -0.481 e. The molecule has 0 radical (unpaired) electrons. The molecule has 3 aromatic heterocycles. The van der Waals surface area contributed by atoms with Gasteiger partial charge in [0.1, 0.15) is 12.0 Å². The van der Waals surface area contributed by atoms with E-state index in [1.54, 1.807) is 19.2 Å². The van der Waals surface area contributed by atoms with Gasteiger partial charge in [0.25, 0.3) is 0 Å². The summed E-state index contributed by atoms with van der Waals surface area (Å²) in [6.45, 7) is 0.509. The number of H-pyrrole nitrogens is 1. The van der Waals surface area contributed by atoms with Crippen LogP contribution in [0.3, 0.4) is 0 Å². The van der Waals surface area contributed by atoms with Crippen molar-refractivity contribution in [2.75, 3.05) is 7.11 Å². The second-order valence-corrected chi connectivity index (χ2v) is 4.12. The molecule has 0 saturated carbocycles. The van der Waals surface area contributed by atoms with Crippen molar-refractivity contribution in [1.29, 1.82) is 0 Å². The maximum absolute atomic E-state index is 5.27. The smallest absolute Gasteiger partial charge is 0.215 e. The molecule has 3 aromatic rings. The summed E-state index contributed by atoms with van der Waals surface area (Å²) < 4.78 is 12.4. The van der Waals surface area contributed by atoms with Crippen molar-refractivity contribution in [2.45, 2.75) is 6.54 Å². The number of fused-ring (bicyclic) bond motifs is 1. The van der Waals surface area contributed by atoms with Crippen LogP contribution in [0.5, 0.6) is 5.88 Å². The molecule has 1 N–H and O–H groups in total. The molecule has 0 fully saturated rings. The lowest BCUT2D eigenvalue weighted by atomic mass is 10.4. The average Bonchev–Trinajstić information content (AvgIpc) is 2.99. The Morgan fingerprint density at radius 3 is 3.06 bits per heavy atom. The Kier molecular flexibility index (Phi) is 2.60. The Balaban J connectivity index is 2.14. The van der Waals surface area contributed by atoms with Crippen molar-refractivity contribution in [3.05, 3.63) is 34.9 Å². The summed E-state index contributed by atoms with van der Waals surface area (Å²) in [6, 6.07) is 5.46. The lowest BCUT2D eigenvalue weighted by Crippen LogP contribution is -2.01. The van der Waals surface area contributed by atoms with Crippen molar-refractivity contribution in [3.63, 3.8) is 0 Å². The third-order valence-corrected chi connectivity index (χ3v) is 2.93. The Bertz CT molecular complexity index is 729. The topological polar surface area (TPSA) is 68.9 Å². The zero-order chi connectivity index (χ0) is 12.5. The second-order valence-electron chi connectivity index (χ2n) is 3.73. The molecule has 6 nitrogen and oxygen atoms in total. The van der Waals surface area contributed by atoms with E-state index in [0.717, 1.165) is 16.9 Å². The Hall–Kier alpha value is -2.15. The van der Waals surface area contributed by atoms with E-state index in [9.17, 15) is 0 Å². The largest absolute Gasteiger partial charge is 0.481 e. The lowest BCUT2D eigenvalue weighted by molar-refractivity contribution is 0.398. The van der Waals surface area contributed by atoms with E-state index in [1.165, 1.54) is 6.26 Å². The summed E-state index contributed by atoms with van der Waals surface area (Å²) in [5.41, 5.74) is 2.39. The molecule has 0 aliphatic rings. The third-order valence-electron chi connectivity index (χ3n) is 2.61. The molecular weight excluding hydrogens is 252 g/mol. The monoisotopic (exact) mass is 262 g/mol. The summed E-state index contributed by atoms with van der Waals surface area (Å²) in [5, 5.41) is 3.87. The standard InChI is InChI=1S/C11H10N4O2S/c1-16-9-3-2-8-10(13-9)15(11(18)12-8)6-7-4-5-17-14-7/h2-5H,6H2,1H3,(H,12,18). The van der Waals surface area contributed by atoms with E-state index in [2.05, 4.69) is 15.1 Å². The molecule has 0 saturated heterocycles. The van der Waals surface area contributed by atoms with Gasteiger partial charge in [0, 0.05) is 12.1 Å². The quantitative estimate of drug-likeness (QED) is 0.732. The first-order chi connectivity index (χ1) is 8.78. The summed E-state index contributed by atoms with van der Waals surface area (Å²) in [6.07, 6.45) is 1.53. The van der Waals surface area contributed by atoms with Gasteiger partial charge in [0.2, 0.25) is 5.88 Å². The van der Waals surface area contributed by atoms with Crippen LogP contribution >= 0.6 is 12.2 Å². The van der Waals surface area contributed by atoms with E-state index < -0.39 is 0 Å². The number of imidazole rings is 1. The molecule has 3 rings (SSSR count). The fourth-order valence-corrected chi connectivity index (χ4v) is 2.02. The summed E-state index contributed by atoms with van der Waals surface area (Å²) in [5.74, 6) is 0.547. The Morgan fingerprint density at radius 1 is 1.44 bits per heavy atom. The number of hydrogen-bond donors (Lipinski definition) is 1. The first-order valence-electron chi connectivity index (χ1n) is 5.31. The number of rotatable bonds is 3. The lowest BCUT2D eigenvalue weighted by Gasteiger charge is -2.02. The van der Waals surface area contributed by atoms with E-state index in [-0.39, 0.29) is 0 Å². The van der Waals surface area contributed by atoms with Crippen molar-refractivity contribution in [1.82, 2.24) is 19.7 Å². The third kappa shape index (κ3) is 1.78. The predicted molar refractivity (Wildman–Crippen MR) is 67.1 cm³/mol. The van der Waals surface area contributed by atoms with Crippen molar-refractivity contribution in [3.8, 4) is 5.88 Å². The number of methoxy groups -OCH3 is 1. The van der Waals surface area contributed by atoms with Gasteiger partial charge in [0.15, 0.2) is 10.4 Å². The molecule has 0 aromatic carbocycles. The predicted octanol–water partition coefficient (Wildman–Crippen LogP) is 2.14. The van der Waals surface area contributed by atoms with Gasteiger partial charge in [-0.05, 0) is 18.3 Å². The zero-order valence-corrected chi connectivity index (χ0v) is 10.4. The van der Waals surface area contributed by atoms with E-state index in [1.807, 2.05) is 10.6 Å². The number of nitrogens with one attached hydrogen (secondary N) is 1. The van der Waals surface area contributed by atoms with Gasteiger partial charge in [-0.2, -0.15) is 4.98 Å². The number of aromatic amines is 1. The summed E-state index contributed by atoms with van der Waals surface area (Å²) >= 11 is 5.27. The van der Waals surface area contributed by atoms with E-state index >= 15 is 0 Å². The molecule has 0 amide bonds. The molecule has 0 unspecified atom stereocenters. The molecular formula is C11H10N4O2S. The van der Waals surface area contributed by atoms with Crippen LogP contribution in [0.1, 0.15) is 5.69 Å². The van der Waals surface area contributed by atoms with Crippen molar-refractivity contribution >= 4 is 23.4 Å². The number of hydrogen-bond acceptors (Lipinski definition) is 5. The van der Waals surface area contributed by atoms with Crippen LogP contribution in [0.15, 0.2) is 29.0 Å². The highest BCUT2D eigenvalue weighted by atomic mass is 32.1. The second kappa shape index (κ2) is 4.26. The SMILES string of the molecule is COc1ccc2[nH]c(=S)n(Cc3ccon3)c2n1. The number of ether oxygens (including phenoxy) is 1. The van der Waals surface area contributed by atoms with Gasteiger partial charge >= 0.3 is 0 Å². The van der Waals surface area contributed by atoms with Gasteiger partial charge in [-0.15, -0.1) is 0 Å². The van der Waals surface area contributed by atoms with Gasteiger partial charge in [-0.3, -0.25) is 4.57 Å². The minimum atomic E-state index is 0.509. The zero-order valence-electron chi connectivity index (χ0n) is 9.58. The first kappa shape index (κ1) is 11.0. The highest BCUT2D eigenvalue weighted by molar-refractivity contribution is 7.71. The van der Waals surface area contributed by atoms with Gasteiger partial charge in [0.05, 0.1) is 19.2 Å². The average molecular weight is 262 g/mol. The van der Waals surface area contributed by atoms with E-state index in [4.69, 9.17) is 21.5 Å². The van der Waals surface area contributed by atoms with Gasteiger partial charge in [-0.1, -0.05) is 5.16 Å². The molecule has 0 aliphatic carbocycles. The van der Waals surface area contributed by atoms with Crippen LogP contribution < -0.4 is 4.74 Å². The van der Waals surface area contributed by atoms with Crippen LogP contribution in [-0.2, 0) is 6.54 Å². The normalized spacial score (nSPS) is 10.9. The minimum absolute atomic E-state index is 0.509. The van der Waals surface area contributed by atoms with E-state index in [0.29, 0.717) is 17.2 Å². The number of nitrogens with zero attached hydrogens (tertiary/aromatic N) is 3. The van der Waals surface area contributed by atoms with Gasteiger partial charge in [-0.25, -0.2) is 0 Å². The highest BCUT2D eigenvalue weighted by Gasteiger charge is 2.09. The van der Waals surface area contributed by atoms with Crippen LogP contribution in [-0.4, -0.2) is 26.8 Å². The molecule has 0 bridgehead atoms. The molecule has 18 heavy (non-hydrogen) atoms. The Morgan fingerprint density at radius 2 is 2.33 bits per heavy atom. The van der Waals surface area contributed by atoms with Crippen LogP contribution in [0.2, 0.25) is 0 Å². The Labute approximate surface area is 107 Å². The maximum Gasteiger partial charge on any atom is 0.215 e. The summed E-state index contributed by atoms with van der Waals surface area (Å²) in [4.78, 5) is 7.47. The van der Waals surface area contributed by atoms with Crippen molar-refractivity contribution in [2.24, 2.45) is 0 Å². The maximum atomic E-state index is 5.27. The summed E-state index contributed by atoms with van der Waals surface area (Å²) in [7, 11) is 1.58. The fraction of sp³-hybridized carbons (Fsp3) is 0.182.